The first kappa shape index (κ1) is 11.7. The molecule has 2 nitrogen and oxygen atoms in total. The summed E-state index contributed by atoms with van der Waals surface area (Å²) < 4.78 is 0. The summed E-state index contributed by atoms with van der Waals surface area (Å²) in [5.74, 6) is 0.717. The van der Waals surface area contributed by atoms with Gasteiger partial charge in [0, 0.05) is 13.1 Å². The molecule has 0 aromatic carbocycles. The average Bonchev–Trinajstić information content (AvgIpc) is 2.04. The molecule has 0 aliphatic carbocycles. The maximum atomic E-state index is 3.74. The first-order chi connectivity index (χ1) is 5.74. The van der Waals surface area contributed by atoms with E-state index in [1.807, 2.05) is 13.1 Å². The van der Waals surface area contributed by atoms with Crippen molar-refractivity contribution in [1.29, 1.82) is 0 Å². The minimum absolute atomic E-state index is 0.717. The van der Waals surface area contributed by atoms with Crippen LogP contribution in [0.2, 0.25) is 0 Å². The molecule has 0 fully saturated rings. The van der Waals surface area contributed by atoms with E-state index in [-0.39, 0.29) is 0 Å². The fourth-order valence-electron chi connectivity index (χ4n) is 1.37. The molecule has 0 saturated carbocycles. The van der Waals surface area contributed by atoms with Crippen LogP contribution < -0.4 is 5.32 Å². The van der Waals surface area contributed by atoms with Gasteiger partial charge in [0.15, 0.2) is 0 Å². The lowest BCUT2D eigenvalue weighted by molar-refractivity contribution is 0.271. The minimum atomic E-state index is 0.717. The highest BCUT2D eigenvalue weighted by atomic mass is 15.1. The van der Waals surface area contributed by atoms with Crippen molar-refractivity contribution in [3.8, 4) is 0 Å². The summed E-state index contributed by atoms with van der Waals surface area (Å²) in [4.78, 5) is 2.40. The Bertz CT molecular complexity index is 112. The number of rotatable bonds is 7. The fourth-order valence-corrected chi connectivity index (χ4v) is 1.37. The van der Waals surface area contributed by atoms with Gasteiger partial charge in [0.25, 0.3) is 0 Å². The molecule has 2 heteroatoms. The van der Waals surface area contributed by atoms with Gasteiger partial charge < -0.3 is 5.32 Å². The van der Waals surface area contributed by atoms with Crippen LogP contribution in [0.15, 0.2) is 12.7 Å². The molecule has 0 heterocycles. The third-order valence-electron chi connectivity index (χ3n) is 1.96. The van der Waals surface area contributed by atoms with E-state index in [1.165, 1.54) is 0 Å². The minimum Gasteiger partial charge on any atom is -0.319 e. The molecule has 72 valence electrons. The smallest absolute Gasteiger partial charge is 0.0160 e. The third-order valence-corrected chi connectivity index (χ3v) is 1.96. The van der Waals surface area contributed by atoms with Crippen molar-refractivity contribution in [2.24, 2.45) is 5.92 Å². The van der Waals surface area contributed by atoms with Crippen molar-refractivity contribution < 1.29 is 0 Å². The van der Waals surface area contributed by atoms with E-state index in [1.54, 1.807) is 0 Å². The summed E-state index contributed by atoms with van der Waals surface area (Å²) in [7, 11) is 2.00. The van der Waals surface area contributed by atoms with E-state index in [2.05, 4.69) is 30.6 Å². The number of likely N-dealkylation sites (N-methyl/N-ethyl adjacent to an activating group) is 1. The van der Waals surface area contributed by atoms with Gasteiger partial charge in [-0.3, -0.25) is 4.90 Å². The van der Waals surface area contributed by atoms with E-state index in [0.717, 1.165) is 32.1 Å². The summed E-state index contributed by atoms with van der Waals surface area (Å²) in [6.07, 6.45) is 1.97. The topological polar surface area (TPSA) is 15.3 Å². The van der Waals surface area contributed by atoms with Gasteiger partial charge >= 0.3 is 0 Å². The molecule has 1 atom stereocenters. The second-order valence-electron chi connectivity index (χ2n) is 3.30. The Balaban J connectivity index is 3.60. The van der Waals surface area contributed by atoms with Crippen LogP contribution in [0.3, 0.4) is 0 Å². The first-order valence-electron chi connectivity index (χ1n) is 4.72. The van der Waals surface area contributed by atoms with Gasteiger partial charge in [-0.25, -0.2) is 0 Å². The maximum Gasteiger partial charge on any atom is 0.0160 e. The van der Waals surface area contributed by atoms with Crippen molar-refractivity contribution in [1.82, 2.24) is 10.2 Å². The molecule has 0 aliphatic rings. The zero-order chi connectivity index (χ0) is 9.40. The zero-order valence-corrected chi connectivity index (χ0v) is 8.64. The quantitative estimate of drug-likeness (QED) is 0.580. The largest absolute Gasteiger partial charge is 0.319 e. The van der Waals surface area contributed by atoms with Crippen LogP contribution in [0.1, 0.15) is 13.8 Å². The van der Waals surface area contributed by atoms with Crippen molar-refractivity contribution in [3.05, 3.63) is 12.7 Å². The molecule has 0 amide bonds. The van der Waals surface area contributed by atoms with Crippen LogP contribution >= 0.6 is 0 Å². The standard InChI is InChI=1S/C10H22N2/c1-5-7-12(6-2)9-10(3)8-11-4/h5,10-11H,1,6-9H2,2-4H3. The van der Waals surface area contributed by atoms with Crippen molar-refractivity contribution >= 4 is 0 Å². The highest BCUT2D eigenvalue weighted by molar-refractivity contribution is 4.74. The molecule has 1 unspecified atom stereocenters. The molecule has 0 aromatic heterocycles. The van der Waals surface area contributed by atoms with Crippen LogP contribution in [0.4, 0.5) is 0 Å². The van der Waals surface area contributed by atoms with E-state index < -0.39 is 0 Å². The monoisotopic (exact) mass is 170 g/mol. The van der Waals surface area contributed by atoms with Gasteiger partial charge in [0.1, 0.15) is 0 Å². The first-order valence-corrected chi connectivity index (χ1v) is 4.72. The lowest BCUT2D eigenvalue weighted by Crippen LogP contribution is -2.32. The van der Waals surface area contributed by atoms with Crippen LogP contribution in [0.25, 0.3) is 0 Å². The van der Waals surface area contributed by atoms with Gasteiger partial charge in [-0.15, -0.1) is 6.58 Å². The maximum absolute atomic E-state index is 3.74. The highest BCUT2D eigenvalue weighted by Crippen LogP contribution is 1.98. The molecule has 0 bridgehead atoms. The summed E-state index contributed by atoms with van der Waals surface area (Å²) in [5, 5.41) is 3.19. The average molecular weight is 170 g/mol. The SMILES string of the molecule is C=CCN(CC)CC(C)CNC. The highest BCUT2D eigenvalue weighted by Gasteiger charge is 2.05. The molecule has 0 saturated heterocycles. The predicted molar refractivity (Wildman–Crippen MR) is 55.4 cm³/mol. The van der Waals surface area contributed by atoms with Crippen molar-refractivity contribution in [2.45, 2.75) is 13.8 Å². The number of nitrogens with one attached hydrogen (secondary N) is 1. The Morgan fingerprint density at radius 3 is 2.67 bits per heavy atom. The summed E-state index contributed by atoms with van der Waals surface area (Å²) in [6, 6.07) is 0. The Kier molecular flexibility index (Phi) is 7.11. The van der Waals surface area contributed by atoms with E-state index in [4.69, 9.17) is 0 Å². The second-order valence-corrected chi connectivity index (χ2v) is 3.30. The lowest BCUT2D eigenvalue weighted by atomic mass is 10.1. The van der Waals surface area contributed by atoms with Crippen LogP contribution in [0.5, 0.6) is 0 Å². The number of nitrogens with zero attached hydrogens (tertiary/aromatic N) is 1. The third kappa shape index (κ3) is 5.33. The normalized spacial score (nSPS) is 13.3. The van der Waals surface area contributed by atoms with Gasteiger partial charge in [-0.1, -0.05) is 19.9 Å². The summed E-state index contributed by atoms with van der Waals surface area (Å²) in [6.45, 7) is 12.6. The Hall–Kier alpha value is -0.340. The van der Waals surface area contributed by atoms with Gasteiger partial charge in [0.2, 0.25) is 0 Å². The van der Waals surface area contributed by atoms with Gasteiger partial charge in [-0.05, 0) is 26.1 Å². The van der Waals surface area contributed by atoms with Crippen LogP contribution in [-0.4, -0.2) is 38.1 Å². The van der Waals surface area contributed by atoms with Crippen molar-refractivity contribution in [3.63, 3.8) is 0 Å². The molecule has 0 radical (unpaired) electrons. The molecule has 0 spiro atoms. The number of hydrogen-bond acceptors (Lipinski definition) is 2. The number of hydrogen-bond donors (Lipinski definition) is 1. The lowest BCUT2D eigenvalue weighted by Gasteiger charge is -2.22. The Morgan fingerprint density at radius 2 is 2.25 bits per heavy atom. The van der Waals surface area contributed by atoms with Gasteiger partial charge in [-0.2, -0.15) is 0 Å². The Morgan fingerprint density at radius 1 is 1.58 bits per heavy atom. The van der Waals surface area contributed by atoms with Crippen LogP contribution in [0, 0.1) is 5.92 Å². The molecule has 12 heavy (non-hydrogen) atoms. The molecule has 0 aromatic rings. The van der Waals surface area contributed by atoms with E-state index >= 15 is 0 Å². The Labute approximate surface area is 76.6 Å². The predicted octanol–water partition coefficient (Wildman–Crippen LogP) is 1.35. The van der Waals surface area contributed by atoms with Crippen molar-refractivity contribution in [2.75, 3.05) is 33.2 Å². The summed E-state index contributed by atoms with van der Waals surface area (Å²) >= 11 is 0. The van der Waals surface area contributed by atoms with Crippen LogP contribution in [-0.2, 0) is 0 Å². The van der Waals surface area contributed by atoms with E-state index in [9.17, 15) is 0 Å². The summed E-state index contributed by atoms with van der Waals surface area (Å²) in [5.41, 5.74) is 0. The second kappa shape index (κ2) is 7.32. The fraction of sp³-hybridized carbons (Fsp3) is 0.800. The molecular formula is C10H22N2. The molecule has 1 N–H and O–H groups in total. The van der Waals surface area contributed by atoms with Gasteiger partial charge in [0.05, 0.1) is 0 Å². The molecular weight excluding hydrogens is 148 g/mol. The molecule has 0 rings (SSSR count). The zero-order valence-electron chi connectivity index (χ0n) is 8.64. The molecule has 0 aliphatic heterocycles. The van der Waals surface area contributed by atoms with E-state index in [0.29, 0.717) is 0 Å².